The Hall–Kier alpha value is -3.54. The van der Waals surface area contributed by atoms with Crippen molar-refractivity contribution in [1.82, 2.24) is 14.8 Å². The van der Waals surface area contributed by atoms with E-state index in [1.165, 1.54) is 23.6 Å². The van der Waals surface area contributed by atoms with Crippen LogP contribution in [0.15, 0.2) is 59.4 Å². The molecular weight excluding hydrogens is 532 g/mol. The number of hydrogen-bond acceptors (Lipinski definition) is 8. The number of carbonyl (C=O) groups excluding carboxylic acids is 3. The van der Waals surface area contributed by atoms with Gasteiger partial charge in [-0.3, -0.25) is 24.3 Å². The number of likely N-dealkylation sites (tertiary alicyclic amines) is 1. The van der Waals surface area contributed by atoms with Gasteiger partial charge >= 0.3 is 5.97 Å². The van der Waals surface area contributed by atoms with Gasteiger partial charge in [0.1, 0.15) is 12.0 Å². The number of hydrogen-bond donors (Lipinski definition) is 3. The molecule has 40 heavy (non-hydrogen) atoms. The van der Waals surface area contributed by atoms with Crippen molar-refractivity contribution in [2.75, 3.05) is 11.9 Å². The molecule has 1 aromatic carbocycles. The van der Waals surface area contributed by atoms with Crippen molar-refractivity contribution in [3.63, 3.8) is 0 Å². The SMILES string of the molecule is CC(=O)N1C(C(=O)O)=C(S[C@H]2C[C@@H](C(=O)Nc3cccc(C=O)c3)N(Cc3ccncc3)C2)[C@H](C)[C@@H]1C[C@@H](C)O. The number of rotatable bonds is 10. The van der Waals surface area contributed by atoms with Crippen LogP contribution in [0.2, 0.25) is 0 Å². The van der Waals surface area contributed by atoms with Gasteiger partial charge in [0.05, 0.1) is 12.1 Å². The highest BCUT2D eigenvalue weighted by molar-refractivity contribution is 8.03. The van der Waals surface area contributed by atoms with Crippen LogP contribution in [0.5, 0.6) is 0 Å². The quantitative estimate of drug-likeness (QED) is 0.370. The summed E-state index contributed by atoms with van der Waals surface area (Å²) in [6, 6.07) is 9.50. The Morgan fingerprint density at radius 3 is 2.58 bits per heavy atom. The lowest BCUT2D eigenvalue weighted by Crippen LogP contribution is -2.40. The molecule has 11 heteroatoms. The topological polar surface area (TPSA) is 140 Å². The maximum absolute atomic E-state index is 13.5. The summed E-state index contributed by atoms with van der Waals surface area (Å²) in [5, 5.41) is 23.0. The number of amides is 2. The van der Waals surface area contributed by atoms with Crippen LogP contribution >= 0.6 is 11.8 Å². The Bertz CT molecular complexity index is 1300. The van der Waals surface area contributed by atoms with Crippen molar-refractivity contribution in [3.05, 3.63) is 70.5 Å². The van der Waals surface area contributed by atoms with E-state index in [0.717, 1.165) is 11.8 Å². The maximum atomic E-state index is 13.5. The summed E-state index contributed by atoms with van der Waals surface area (Å²) in [7, 11) is 0. The number of carboxylic acids is 1. The van der Waals surface area contributed by atoms with E-state index in [1.54, 1.807) is 43.6 Å². The Morgan fingerprint density at radius 2 is 1.95 bits per heavy atom. The van der Waals surface area contributed by atoms with Crippen LogP contribution in [-0.4, -0.2) is 79.0 Å². The van der Waals surface area contributed by atoms with E-state index >= 15 is 0 Å². The van der Waals surface area contributed by atoms with Crippen molar-refractivity contribution in [2.45, 2.75) is 63.6 Å². The molecule has 3 N–H and O–H groups in total. The highest BCUT2D eigenvalue weighted by Gasteiger charge is 2.46. The van der Waals surface area contributed by atoms with Crippen LogP contribution in [0.4, 0.5) is 5.69 Å². The number of aliphatic hydroxyl groups excluding tert-OH is 1. The van der Waals surface area contributed by atoms with Gasteiger partial charge in [-0.2, -0.15) is 0 Å². The molecule has 2 aliphatic rings. The molecule has 10 nitrogen and oxygen atoms in total. The molecule has 3 heterocycles. The minimum Gasteiger partial charge on any atom is -0.477 e. The summed E-state index contributed by atoms with van der Waals surface area (Å²) < 4.78 is 0. The lowest BCUT2D eigenvalue weighted by atomic mass is 9.98. The first-order valence-electron chi connectivity index (χ1n) is 13.2. The monoisotopic (exact) mass is 566 g/mol. The highest BCUT2D eigenvalue weighted by atomic mass is 32.2. The van der Waals surface area contributed by atoms with Crippen LogP contribution in [0.25, 0.3) is 0 Å². The molecule has 0 radical (unpaired) electrons. The molecule has 2 amide bonds. The fraction of sp³-hybridized carbons (Fsp3) is 0.414. The van der Waals surface area contributed by atoms with E-state index in [9.17, 15) is 29.4 Å². The molecule has 2 aromatic rings. The van der Waals surface area contributed by atoms with Gasteiger partial charge in [-0.1, -0.05) is 19.1 Å². The van der Waals surface area contributed by atoms with Crippen molar-refractivity contribution < 1.29 is 29.4 Å². The van der Waals surface area contributed by atoms with Crippen molar-refractivity contribution in [2.24, 2.45) is 5.92 Å². The first-order valence-corrected chi connectivity index (χ1v) is 14.1. The van der Waals surface area contributed by atoms with Crippen LogP contribution in [0.3, 0.4) is 0 Å². The molecule has 0 aliphatic carbocycles. The van der Waals surface area contributed by atoms with Crippen molar-refractivity contribution >= 4 is 41.5 Å². The third-order valence-corrected chi connectivity index (χ3v) is 8.80. The number of aliphatic carboxylic acids is 1. The predicted molar refractivity (Wildman–Crippen MR) is 151 cm³/mol. The van der Waals surface area contributed by atoms with E-state index in [0.29, 0.717) is 35.7 Å². The largest absolute Gasteiger partial charge is 0.477 e. The molecule has 0 bridgehead atoms. The van der Waals surface area contributed by atoms with Crippen LogP contribution in [-0.2, 0) is 20.9 Å². The summed E-state index contributed by atoms with van der Waals surface area (Å²) in [5.41, 5.74) is 1.92. The van der Waals surface area contributed by atoms with Crippen LogP contribution in [0.1, 0.15) is 49.5 Å². The summed E-state index contributed by atoms with van der Waals surface area (Å²) >= 11 is 1.40. The Balaban J connectivity index is 1.60. The zero-order valence-electron chi connectivity index (χ0n) is 22.7. The van der Waals surface area contributed by atoms with Gasteiger partial charge in [-0.25, -0.2) is 4.79 Å². The number of anilines is 1. The summed E-state index contributed by atoms with van der Waals surface area (Å²) in [4.78, 5) is 57.6. The zero-order chi connectivity index (χ0) is 29.0. The van der Waals surface area contributed by atoms with E-state index in [1.807, 2.05) is 19.1 Å². The first kappa shape index (κ1) is 29.4. The number of carbonyl (C=O) groups is 4. The number of nitrogens with one attached hydrogen (secondary N) is 1. The van der Waals surface area contributed by atoms with Gasteiger partial charge in [0.25, 0.3) is 0 Å². The van der Waals surface area contributed by atoms with Gasteiger partial charge in [0.15, 0.2) is 0 Å². The highest BCUT2D eigenvalue weighted by Crippen LogP contribution is 2.46. The number of aldehydes is 1. The van der Waals surface area contributed by atoms with Gasteiger partial charge in [0.2, 0.25) is 11.8 Å². The lowest BCUT2D eigenvalue weighted by Gasteiger charge is -2.28. The second kappa shape index (κ2) is 12.8. The average molecular weight is 567 g/mol. The van der Waals surface area contributed by atoms with E-state index in [4.69, 9.17) is 0 Å². The van der Waals surface area contributed by atoms with Crippen LogP contribution < -0.4 is 5.32 Å². The molecule has 212 valence electrons. The second-order valence-corrected chi connectivity index (χ2v) is 11.7. The predicted octanol–water partition coefficient (Wildman–Crippen LogP) is 3.14. The molecule has 1 fully saturated rings. The summed E-state index contributed by atoms with van der Waals surface area (Å²) in [5.74, 6) is -2.08. The Labute approximate surface area is 237 Å². The molecule has 5 atom stereocenters. The fourth-order valence-electron chi connectivity index (χ4n) is 5.53. The van der Waals surface area contributed by atoms with E-state index in [-0.39, 0.29) is 35.1 Å². The smallest absolute Gasteiger partial charge is 0.353 e. The molecule has 0 spiro atoms. The Kier molecular flexibility index (Phi) is 9.39. The van der Waals surface area contributed by atoms with E-state index < -0.39 is 24.2 Å². The second-order valence-electron chi connectivity index (χ2n) is 10.4. The standard InChI is InChI=1S/C29H34N4O6S/c1-17(35)11-24-18(2)27(26(29(38)39)33(24)19(3)36)40-23-13-25(32(15-23)14-20-7-9-30-10-8-20)28(37)31-22-6-4-5-21(12-22)16-34/h4-10,12,16-18,23-25,35H,11,13-15H2,1-3H3,(H,31,37)(H,38,39)/t17-,18-,23+,24+,25+/m1/s1. The third-order valence-electron chi connectivity index (χ3n) is 7.31. The molecule has 1 aromatic heterocycles. The lowest BCUT2D eigenvalue weighted by molar-refractivity contribution is -0.140. The first-order chi connectivity index (χ1) is 19.1. The summed E-state index contributed by atoms with van der Waals surface area (Å²) in [6.45, 7) is 5.86. The average Bonchev–Trinajstić information content (AvgIpc) is 3.43. The number of carboxylic acid groups (broad SMARTS) is 1. The maximum Gasteiger partial charge on any atom is 0.353 e. The Morgan fingerprint density at radius 1 is 1.23 bits per heavy atom. The minimum absolute atomic E-state index is 0.0464. The number of aromatic nitrogens is 1. The minimum atomic E-state index is -1.19. The number of pyridine rings is 1. The van der Waals surface area contributed by atoms with E-state index in [2.05, 4.69) is 15.2 Å². The van der Waals surface area contributed by atoms with Crippen molar-refractivity contribution in [1.29, 1.82) is 0 Å². The molecule has 4 rings (SSSR count). The van der Waals surface area contributed by atoms with Crippen molar-refractivity contribution in [3.8, 4) is 0 Å². The summed E-state index contributed by atoms with van der Waals surface area (Å²) in [6.07, 6.45) is 4.12. The number of aliphatic hydroxyl groups is 1. The third kappa shape index (κ3) is 6.60. The molecular formula is C29H34N4O6S. The van der Waals surface area contributed by atoms with Gasteiger partial charge in [0, 0.05) is 65.8 Å². The number of thioether (sulfide) groups is 1. The van der Waals surface area contributed by atoms with Gasteiger partial charge in [-0.15, -0.1) is 11.8 Å². The molecule has 0 saturated carbocycles. The number of nitrogens with zero attached hydrogens (tertiary/aromatic N) is 3. The number of benzene rings is 1. The molecule has 1 saturated heterocycles. The molecule has 2 aliphatic heterocycles. The van der Waals surface area contributed by atoms with Gasteiger partial charge in [-0.05, 0) is 49.6 Å². The van der Waals surface area contributed by atoms with Gasteiger partial charge < -0.3 is 20.4 Å². The molecule has 0 unspecified atom stereocenters. The normalized spacial score (nSPS) is 23.8. The van der Waals surface area contributed by atoms with Crippen LogP contribution in [0, 0.1) is 5.92 Å². The fourth-order valence-corrected chi connectivity index (χ4v) is 7.10. The zero-order valence-corrected chi connectivity index (χ0v) is 23.5.